The quantitative estimate of drug-likeness (QED) is 0.211. The summed E-state index contributed by atoms with van der Waals surface area (Å²) in [5.74, 6) is -0.376. The van der Waals surface area contributed by atoms with Crippen LogP contribution in [0, 0.1) is 11.7 Å². The number of hydrogen-bond acceptors (Lipinski definition) is 3. The molecule has 1 atom stereocenters. The van der Waals surface area contributed by atoms with Crippen LogP contribution in [0.5, 0.6) is 0 Å². The van der Waals surface area contributed by atoms with Crippen molar-refractivity contribution < 1.29 is 14.0 Å². The molecule has 5 nitrogen and oxygen atoms in total. The number of anilines is 2. The largest absolute Gasteiger partial charge is 0.371 e. The highest BCUT2D eigenvalue weighted by Gasteiger charge is 2.25. The number of halogens is 2. The maximum atomic E-state index is 13.5. The molecule has 5 rings (SSSR count). The van der Waals surface area contributed by atoms with Crippen LogP contribution in [0.1, 0.15) is 45.3 Å². The van der Waals surface area contributed by atoms with Crippen molar-refractivity contribution in [1.82, 2.24) is 5.32 Å². The first-order valence-electron chi connectivity index (χ1n) is 13.9. The summed E-state index contributed by atoms with van der Waals surface area (Å²) in [6.07, 6.45) is 3.09. The Bertz CT molecular complexity index is 1460. The summed E-state index contributed by atoms with van der Waals surface area (Å²) in [4.78, 5) is 28.7. The molecule has 2 amide bonds. The van der Waals surface area contributed by atoms with E-state index in [4.69, 9.17) is 11.6 Å². The maximum Gasteiger partial charge on any atom is 0.253 e. The van der Waals surface area contributed by atoms with E-state index in [9.17, 15) is 14.0 Å². The number of benzene rings is 4. The number of carbonyl (C=O) groups excluding carboxylic acids is 2. The molecule has 0 radical (unpaired) electrons. The Balaban J connectivity index is 1.32. The smallest absolute Gasteiger partial charge is 0.253 e. The fourth-order valence-electron chi connectivity index (χ4n) is 5.26. The third-order valence-electron chi connectivity index (χ3n) is 7.52. The van der Waals surface area contributed by atoms with E-state index >= 15 is 0 Å². The van der Waals surface area contributed by atoms with Crippen LogP contribution in [-0.2, 0) is 17.8 Å². The van der Waals surface area contributed by atoms with E-state index in [2.05, 4.69) is 39.8 Å². The predicted octanol–water partition coefficient (Wildman–Crippen LogP) is 7.13. The van der Waals surface area contributed by atoms with Gasteiger partial charge in [-0.25, -0.2) is 4.39 Å². The van der Waals surface area contributed by atoms with E-state index in [1.165, 1.54) is 17.7 Å². The molecule has 0 aromatic heterocycles. The number of rotatable bonds is 9. The first-order valence-corrected chi connectivity index (χ1v) is 14.4. The molecule has 1 saturated heterocycles. The molecule has 1 heterocycles. The average molecular weight is 570 g/mol. The number of piperidine rings is 1. The van der Waals surface area contributed by atoms with Crippen LogP contribution >= 0.6 is 11.6 Å². The van der Waals surface area contributed by atoms with E-state index in [0.717, 1.165) is 43.6 Å². The summed E-state index contributed by atoms with van der Waals surface area (Å²) in [6, 6.07) is 31.1. The second-order valence-electron chi connectivity index (χ2n) is 10.4. The zero-order valence-corrected chi connectivity index (χ0v) is 23.5. The van der Waals surface area contributed by atoms with Crippen molar-refractivity contribution in [1.29, 1.82) is 0 Å². The van der Waals surface area contributed by atoms with Crippen molar-refractivity contribution in [2.24, 2.45) is 5.92 Å². The Morgan fingerprint density at radius 1 is 0.854 bits per heavy atom. The molecular formula is C34H33ClFN3O2. The summed E-state index contributed by atoms with van der Waals surface area (Å²) in [5.41, 5.74) is 4.62. The van der Waals surface area contributed by atoms with Crippen LogP contribution in [0.15, 0.2) is 103 Å². The topological polar surface area (TPSA) is 61.4 Å². The molecule has 210 valence electrons. The van der Waals surface area contributed by atoms with Crippen molar-refractivity contribution in [2.45, 2.75) is 31.2 Å². The van der Waals surface area contributed by atoms with Crippen LogP contribution in [0.2, 0.25) is 0 Å². The summed E-state index contributed by atoms with van der Waals surface area (Å²) in [5, 5.41) is 4.96. The van der Waals surface area contributed by atoms with Crippen molar-refractivity contribution >= 4 is 34.8 Å². The fourth-order valence-corrected chi connectivity index (χ4v) is 5.46. The lowest BCUT2D eigenvalue weighted by Gasteiger charge is -2.35. The van der Waals surface area contributed by atoms with Gasteiger partial charge in [0, 0.05) is 31.0 Å². The van der Waals surface area contributed by atoms with Gasteiger partial charge in [0.1, 0.15) is 11.2 Å². The second kappa shape index (κ2) is 13.5. The van der Waals surface area contributed by atoms with Crippen LogP contribution in [0.4, 0.5) is 15.8 Å². The lowest BCUT2D eigenvalue weighted by Crippen LogP contribution is -2.36. The van der Waals surface area contributed by atoms with Gasteiger partial charge in [-0.05, 0) is 72.2 Å². The molecule has 0 spiro atoms. The van der Waals surface area contributed by atoms with E-state index in [1.54, 1.807) is 30.3 Å². The molecule has 0 aliphatic carbocycles. The van der Waals surface area contributed by atoms with Crippen molar-refractivity contribution in [2.75, 3.05) is 23.3 Å². The monoisotopic (exact) mass is 569 g/mol. The molecule has 4 aromatic carbocycles. The molecule has 4 aromatic rings. The molecule has 1 aliphatic heterocycles. The highest BCUT2D eigenvalue weighted by Crippen LogP contribution is 2.31. The minimum absolute atomic E-state index is 0.256. The van der Waals surface area contributed by atoms with Gasteiger partial charge in [-0.2, -0.15) is 0 Å². The van der Waals surface area contributed by atoms with Gasteiger partial charge in [-0.1, -0.05) is 72.8 Å². The fraction of sp³-hybridized carbons (Fsp3) is 0.235. The Morgan fingerprint density at radius 2 is 1.51 bits per heavy atom. The van der Waals surface area contributed by atoms with E-state index in [1.807, 2.05) is 36.4 Å². The second-order valence-corrected chi connectivity index (χ2v) is 10.9. The van der Waals surface area contributed by atoms with Gasteiger partial charge in [-0.3, -0.25) is 9.59 Å². The molecule has 1 fully saturated rings. The number of nitrogens with one attached hydrogen (secondary N) is 2. The molecule has 1 aliphatic rings. The first-order chi connectivity index (χ1) is 20.0. The summed E-state index contributed by atoms with van der Waals surface area (Å²) in [7, 11) is 0. The van der Waals surface area contributed by atoms with E-state index in [0.29, 0.717) is 22.7 Å². The van der Waals surface area contributed by atoms with Crippen LogP contribution in [-0.4, -0.2) is 24.9 Å². The SMILES string of the molecule is O=C(NCc1ccc(F)cc1)c1cc(NC(=O)C(Cl)c2ccccc2)ccc1N1CCC(Cc2ccccc2)CC1. The van der Waals surface area contributed by atoms with Gasteiger partial charge in [0.15, 0.2) is 0 Å². The van der Waals surface area contributed by atoms with Gasteiger partial charge < -0.3 is 15.5 Å². The molecule has 41 heavy (non-hydrogen) atoms. The Kier molecular flexibility index (Phi) is 9.32. The number of carbonyl (C=O) groups is 2. The number of hydrogen-bond donors (Lipinski definition) is 2. The molecule has 1 unspecified atom stereocenters. The van der Waals surface area contributed by atoms with Crippen LogP contribution in [0.3, 0.4) is 0 Å². The van der Waals surface area contributed by atoms with Gasteiger partial charge >= 0.3 is 0 Å². The predicted molar refractivity (Wildman–Crippen MR) is 163 cm³/mol. The molecule has 2 N–H and O–H groups in total. The summed E-state index contributed by atoms with van der Waals surface area (Å²) >= 11 is 6.44. The van der Waals surface area contributed by atoms with Gasteiger partial charge in [0.05, 0.1) is 5.56 Å². The standard InChI is InChI=1S/C34H33ClFN3O2/c35-32(27-9-5-2-6-10-27)34(41)38-29-15-16-31(30(22-29)33(40)37-23-26-11-13-28(36)14-12-26)39-19-17-25(18-20-39)21-24-7-3-1-4-8-24/h1-16,22,25,32H,17-21,23H2,(H,37,40)(H,38,41). The zero-order chi connectivity index (χ0) is 28.6. The third kappa shape index (κ3) is 7.53. The van der Waals surface area contributed by atoms with Crippen LogP contribution in [0.25, 0.3) is 0 Å². The van der Waals surface area contributed by atoms with Crippen molar-refractivity contribution in [3.63, 3.8) is 0 Å². The lowest BCUT2D eigenvalue weighted by atomic mass is 9.89. The zero-order valence-electron chi connectivity index (χ0n) is 22.7. The highest BCUT2D eigenvalue weighted by atomic mass is 35.5. The first kappa shape index (κ1) is 28.4. The average Bonchev–Trinajstić information content (AvgIpc) is 3.01. The van der Waals surface area contributed by atoms with E-state index in [-0.39, 0.29) is 24.2 Å². The molecule has 7 heteroatoms. The van der Waals surface area contributed by atoms with Gasteiger partial charge in [0.2, 0.25) is 5.91 Å². The maximum absolute atomic E-state index is 13.5. The van der Waals surface area contributed by atoms with E-state index < -0.39 is 5.38 Å². The van der Waals surface area contributed by atoms with Crippen LogP contribution < -0.4 is 15.5 Å². The summed E-state index contributed by atoms with van der Waals surface area (Å²) in [6.45, 7) is 1.92. The Labute approximate surface area is 245 Å². The minimum atomic E-state index is -0.865. The van der Waals surface area contributed by atoms with Crippen molar-refractivity contribution in [3.05, 3.63) is 131 Å². The molecular weight excluding hydrogens is 537 g/mol. The number of alkyl halides is 1. The molecule has 0 bridgehead atoms. The Hall–Kier alpha value is -4.16. The number of amides is 2. The highest BCUT2D eigenvalue weighted by molar-refractivity contribution is 6.32. The number of nitrogens with zero attached hydrogens (tertiary/aromatic N) is 1. The lowest BCUT2D eigenvalue weighted by molar-refractivity contribution is -0.116. The van der Waals surface area contributed by atoms with Gasteiger partial charge in [-0.15, -0.1) is 11.6 Å². The Morgan fingerprint density at radius 3 is 2.20 bits per heavy atom. The minimum Gasteiger partial charge on any atom is -0.371 e. The third-order valence-corrected chi connectivity index (χ3v) is 7.97. The normalized spacial score (nSPS) is 14.3. The molecule has 0 saturated carbocycles. The summed E-state index contributed by atoms with van der Waals surface area (Å²) < 4.78 is 13.3. The van der Waals surface area contributed by atoms with Gasteiger partial charge in [0.25, 0.3) is 5.91 Å². The van der Waals surface area contributed by atoms with Crippen molar-refractivity contribution in [3.8, 4) is 0 Å².